The van der Waals surface area contributed by atoms with Crippen molar-refractivity contribution in [2.45, 2.75) is 257 Å². The lowest BCUT2D eigenvalue weighted by atomic mass is 9.90. The maximum Gasteiger partial charge on any atom is 0.225 e. The molecule has 1 amide bonds. The summed E-state index contributed by atoms with van der Waals surface area (Å²) in [5.74, 6) is 14.6. The molecule has 6 aliphatic carbocycles. The van der Waals surface area contributed by atoms with Gasteiger partial charge in [-0.15, -0.1) is 0 Å². The number of carbonyl (C=O) groups is 2. The number of ether oxygens (including phenoxy) is 3. The molecule has 0 unspecified atom stereocenters. The number of hydrogen-bond acceptors (Lipinski definition) is 19. The summed E-state index contributed by atoms with van der Waals surface area (Å²) >= 11 is 28.3. The van der Waals surface area contributed by atoms with Gasteiger partial charge in [0.05, 0.1) is 94.1 Å². The van der Waals surface area contributed by atoms with Crippen molar-refractivity contribution in [3.8, 4) is 0 Å². The summed E-state index contributed by atoms with van der Waals surface area (Å²) in [5, 5.41) is 14.4. The monoisotopic (exact) mass is 1620 g/mol. The van der Waals surface area contributed by atoms with Crippen LogP contribution in [0, 0.1) is 71.0 Å². The molecule has 8 atom stereocenters. The van der Waals surface area contributed by atoms with Crippen LogP contribution in [0.1, 0.15) is 233 Å². The van der Waals surface area contributed by atoms with E-state index >= 15 is 0 Å². The molecule has 2 N–H and O–H groups in total. The molecule has 6 saturated heterocycles. The van der Waals surface area contributed by atoms with Gasteiger partial charge < -0.3 is 49.1 Å². The first-order valence-electron chi connectivity index (χ1n) is 43.3. The molecule has 6 aliphatic heterocycles. The summed E-state index contributed by atoms with van der Waals surface area (Å²) in [5.41, 5.74) is 0. The van der Waals surface area contributed by atoms with E-state index in [0.717, 1.165) is 219 Å². The summed E-state index contributed by atoms with van der Waals surface area (Å²) in [6, 6.07) is 0. The zero-order valence-electron chi connectivity index (χ0n) is 66.5. The smallest absolute Gasteiger partial charge is 0.225 e. The predicted octanol–water partition coefficient (Wildman–Crippen LogP) is 17.9. The minimum Gasteiger partial charge on any atom is -0.393 e. The molecular formula is C85H131Cl5N14O6. The van der Waals surface area contributed by atoms with Crippen molar-refractivity contribution >= 4 is 92.9 Å². The highest BCUT2D eigenvalue weighted by molar-refractivity contribution is 6.63. The van der Waals surface area contributed by atoms with Crippen LogP contribution in [0.4, 0.5) is 23.8 Å². The standard InChI is InChI=1S/C22H33ClN4O2.C20H30ClN3O.C19H29ClN4O.C15H22ClN3.C6H12O.C3H5ClO/c1-2-21(28)26-10-5-19(6-11-26)29-12-7-17-13-20(17)16-3-8-27(9-4-16)22-24-14-18(23)15-25-22;21-17-13-22-20(23-14-17)24-9-6-15(7-10-24)19-12-16(19)8-11-25-18-4-2-1-3-5-18;20-16-12-22-19(23-13-16)24-8-3-14(4-9-24)18-11-15(18)5-10-25-17-1-6-21-7-2-17;1-2-3-12-8-14(12)11-4-6-19(7-5-11)15-17-9-13(16)10-18-15;7-6-4-2-1-3-5-6;1-2-3(4)5/h14-17,19-20H,2-13H2,1H3;13-16,18-19H,1-12H2;12-15,17-18,21H,1-11H2;9-12,14H,2-8H2,1H3;6-7H,1-5H2;2H2,1H3/t17-,20-;16-,19-;15-,18-;12-,14-;;/m1111../s1. The number of hydrogen-bond donors (Lipinski definition) is 2. The second-order valence-electron chi connectivity index (χ2n) is 33.7. The van der Waals surface area contributed by atoms with Gasteiger partial charge >= 0.3 is 0 Å². The molecule has 16 rings (SSSR count). The van der Waals surface area contributed by atoms with Crippen molar-refractivity contribution in [3.63, 3.8) is 0 Å². The molecule has 4 aromatic rings. The number of aliphatic hydroxyl groups is 1. The topological polar surface area (TPSA) is 213 Å². The fourth-order valence-electron chi connectivity index (χ4n) is 19.0. The number of nitrogens with one attached hydrogen (secondary N) is 1. The first-order valence-corrected chi connectivity index (χ1v) is 45.2. The Hall–Kier alpha value is -4.09. The summed E-state index contributed by atoms with van der Waals surface area (Å²) in [6.45, 7) is 21.3. The lowest BCUT2D eigenvalue weighted by molar-refractivity contribution is -0.133. The minimum absolute atomic E-state index is 0.0359. The number of amides is 1. The van der Waals surface area contributed by atoms with Crippen molar-refractivity contribution < 1.29 is 28.9 Å². The second kappa shape index (κ2) is 46.0. The van der Waals surface area contributed by atoms with Gasteiger partial charge in [0.1, 0.15) is 0 Å². The molecule has 12 aliphatic rings. The first kappa shape index (κ1) is 86.8. The molecule has 0 aromatic carbocycles. The van der Waals surface area contributed by atoms with Crippen LogP contribution in [0.5, 0.6) is 0 Å². The second-order valence-corrected chi connectivity index (χ2v) is 35.8. The van der Waals surface area contributed by atoms with E-state index < -0.39 is 0 Å². The molecule has 110 heavy (non-hydrogen) atoms. The lowest BCUT2D eigenvalue weighted by Crippen LogP contribution is -2.40. The van der Waals surface area contributed by atoms with Gasteiger partial charge in [-0.3, -0.25) is 9.59 Å². The molecule has 0 radical (unpaired) electrons. The van der Waals surface area contributed by atoms with Crippen LogP contribution in [-0.2, 0) is 23.8 Å². The van der Waals surface area contributed by atoms with Crippen LogP contribution in [0.15, 0.2) is 49.6 Å². The van der Waals surface area contributed by atoms with Crippen LogP contribution < -0.4 is 24.9 Å². The lowest BCUT2D eigenvalue weighted by Gasteiger charge is -2.32. The molecule has 12 fully saturated rings. The normalized spacial score (nSPS) is 26.4. The number of aliphatic hydroxyl groups excluding tert-OH is 1. The van der Waals surface area contributed by atoms with Gasteiger partial charge in [0.15, 0.2) is 0 Å². The quantitative estimate of drug-likeness (QED) is 0.0624. The van der Waals surface area contributed by atoms with Gasteiger partial charge in [-0.1, -0.05) is 119 Å². The van der Waals surface area contributed by atoms with Crippen LogP contribution >= 0.6 is 58.0 Å². The SMILES string of the molecule is CCC(=O)Cl.CCC(=O)N1CCC(OCC[C@@H]2C[C@@H]2C2CCN(c3ncc(Cl)cn3)CC2)CC1.CCC[C@@H]1C[C@@H]1C1CCN(c2ncc(Cl)cn2)CC1.Clc1cnc(N2CCC([C@H]3C[C@H]3CCOC3CCCCC3)CC2)nc1.Clc1cnc(N2CCC([C@H]3C[C@H]3CCOC3CCNCC3)CC2)nc1.OC1CCCCC1. The van der Waals surface area contributed by atoms with Crippen LogP contribution in [0.2, 0.25) is 20.1 Å². The molecule has 10 heterocycles. The zero-order valence-corrected chi connectivity index (χ0v) is 70.3. The third-order valence-electron chi connectivity index (χ3n) is 26.0. The average molecular weight is 1620 g/mol. The van der Waals surface area contributed by atoms with E-state index in [9.17, 15) is 9.59 Å². The van der Waals surface area contributed by atoms with E-state index in [0.29, 0.717) is 51.2 Å². The third-order valence-corrected chi connectivity index (χ3v) is 27.1. The fraction of sp³-hybridized carbons (Fsp3) is 0.788. The van der Waals surface area contributed by atoms with E-state index in [1.54, 1.807) is 56.5 Å². The Balaban J connectivity index is 0.000000139. The molecule has 6 saturated carbocycles. The predicted molar refractivity (Wildman–Crippen MR) is 444 cm³/mol. The van der Waals surface area contributed by atoms with Crippen LogP contribution in [0.25, 0.3) is 0 Å². The largest absolute Gasteiger partial charge is 0.393 e. The van der Waals surface area contributed by atoms with E-state index in [4.69, 9.17) is 77.3 Å². The van der Waals surface area contributed by atoms with Crippen molar-refractivity contribution in [3.05, 3.63) is 69.7 Å². The number of rotatable bonds is 24. The van der Waals surface area contributed by atoms with Crippen LogP contribution in [0.3, 0.4) is 0 Å². The van der Waals surface area contributed by atoms with Crippen molar-refractivity contribution in [2.24, 2.45) is 71.0 Å². The van der Waals surface area contributed by atoms with Crippen molar-refractivity contribution in [2.75, 3.05) is 118 Å². The maximum absolute atomic E-state index is 11.8. The minimum atomic E-state index is -0.273. The van der Waals surface area contributed by atoms with Gasteiger partial charge in [-0.25, -0.2) is 39.9 Å². The number of halogens is 5. The third kappa shape index (κ3) is 29.0. The van der Waals surface area contributed by atoms with E-state index in [2.05, 4.69) is 71.7 Å². The number of nitrogens with zero attached hydrogens (tertiary/aromatic N) is 13. The molecule has 612 valence electrons. The van der Waals surface area contributed by atoms with Crippen LogP contribution in [-0.4, -0.2) is 184 Å². The van der Waals surface area contributed by atoms with E-state index in [-0.39, 0.29) is 17.3 Å². The van der Waals surface area contributed by atoms with Crippen molar-refractivity contribution in [1.82, 2.24) is 50.1 Å². The Morgan fingerprint density at radius 1 is 0.391 bits per heavy atom. The molecular weight excluding hydrogens is 1490 g/mol. The van der Waals surface area contributed by atoms with Gasteiger partial charge in [-0.05, 0) is 243 Å². The number of likely N-dealkylation sites (tertiary alicyclic amines) is 1. The summed E-state index contributed by atoms with van der Waals surface area (Å²) < 4.78 is 18.3. The molecule has 0 spiro atoms. The van der Waals surface area contributed by atoms with Gasteiger partial charge in [0, 0.05) is 98.1 Å². The number of carbonyl (C=O) groups excluding carboxylic acids is 2. The Morgan fingerprint density at radius 2 is 0.673 bits per heavy atom. The molecule has 25 heteroatoms. The number of anilines is 4. The Labute approximate surface area is 683 Å². The molecule has 4 aromatic heterocycles. The first-order chi connectivity index (χ1) is 53.7. The zero-order chi connectivity index (χ0) is 77.0. The maximum atomic E-state index is 11.8. The van der Waals surface area contributed by atoms with E-state index in [1.165, 1.54) is 173 Å². The average Bonchev–Trinajstić information content (AvgIpc) is 1.58. The molecule has 0 bridgehead atoms. The fourth-order valence-corrected chi connectivity index (χ4v) is 19.4. The number of piperidine rings is 6. The van der Waals surface area contributed by atoms with Gasteiger partial charge in [0.2, 0.25) is 34.9 Å². The van der Waals surface area contributed by atoms with Gasteiger partial charge in [-0.2, -0.15) is 0 Å². The highest BCUT2D eigenvalue weighted by Gasteiger charge is 2.47. The summed E-state index contributed by atoms with van der Waals surface area (Å²) in [6.07, 6.45) is 55.3. The van der Waals surface area contributed by atoms with Crippen molar-refractivity contribution in [1.29, 1.82) is 0 Å². The molecule has 20 nitrogen and oxygen atoms in total. The summed E-state index contributed by atoms with van der Waals surface area (Å²) in [7, 11) is 0. The van der Waals surface area contributed by atoms with E-state index in [1.807, 2.05) is 11.8 Å². The highest BCUT2D eigenvalue weighted by Crippen LogP contribution is 2.53. The highest BCUT2D eigenvalue weighted by atomic mass is 35.5. The summed E-state index contributed by atoms with van der Waals surface area (Å²) in [4.78, 5) is 67.2. The Morgan fingerprint density at radius 3 is 0.945 bits per heavy atom. The Kier molecular flexibility index (Phi) is 36.3. The van der Waals surface area contributed by atoms with Gasteiger partial charge in [0.25, 0.3) is 0 Å². The number of aromatic nitrogens is 8. The Bertz CT molecular complexity index is 3140.